The van der Waals surface area contributed by atoms with Crippen LogP contribution in [0.1, 0.15) is 39.2 Å². The molecule has 1 rings (SSSR count). The summed E-state index contributed by atoms with van der Waals surface area (Å²) in [5.74, 6) is 0.513. The van der Waals surface area contributed by atoms with Gasteiger partial charge in [0.1, 0.15) is 5.75 Å². The van der Waals surface area contributed by atoms with Gasteiger partial charge in [0.05, 0.1) is 13.7 Å². The van der Waals surface area contributed by atoms with Gasteiger partial charge >= 0.3 is 5.97 Å². The third-order valence-electron chi connectivity index (χ3n) is 3.01. The van der Waals surface area contributed by atoms with Crippen LogP contribution in [0, 0.1) is 0 Å². The molecule has 3 nitrogen and oxygen atoms in total. The van der Waals surface area contributed by atoms with Crippen LogP contribution in [0.4, 0.5) is 0 Å². The van der Waals surface area contributed by atoms with E-state index in [1.807, 2.05) is 31.2 Å². The number of hydrogen-bond donors (Lipinski definition) is 0. The zero-order valence-electron chi connectivity index (χ0n) is 13.3. The van der Waals surface area contributed by atoms with Crippen molar-refractivity contribution in [3.05, 3.63) is 47.6 Å². The molecule has 0 fully saturated rings. The Bertz CT molecular complexity index is 506. The minimum absolute atomic E-state index is 0.291. The fourth-order valence-corrected chi connectivity index (χ4v) is 1.95. The molecule has 114 valence electrons. The van der Waals surface area contributed by atoms with Crippen molar-refractivity contribution in [1.82, 2.24) is 0 Å². The SMILES string of the molecule is CCOC(=O)/C=C(\CCC=C(C)C)c1ccc(OC)cc1. The van der Waals surface area contributed by atoms with E-state index in [0.717, 1.165) is 29.7 Å². The summed E-state index contributed by atoms with van der Waals surface area (Å²) in [5.41, 5.74) is 3.28. The Labute approximate surface area is 127 Å². The van der Waals surface area contributed by atoms with Crippen LogP contribution in [-0.4, -0.2) is 19.7 Å². The highest BCUT2D eigenvalue weighted by atomic mass is 16.5. The number of carbonyl (C=O) groups is 1. The molecule has 1 aromatic rings. The lowest BCUT2D eigenvalue weighted by Gasteiger charge is -2.08. The number of allylic oxidation sites excluding steroid dienone is 3. The van der Waals surface area contributed by atoms with Crippen LogP contribution in [0.25, 0.3) is 5.57 Å². The van der Waals surface area contributed by atoms with Crippen molar-refractivity contribution >= 4 is 11.5 Å². The summed E-state index contributed by atoms with van der Waals surface area (Å²) in [5, 5.41) is 0. The Morgan fingerprint density at radius 1 is 1.19 bits per heavy atom. The molecule has 0 spiro atoms. The van der Waals surface area contributed by atoms with Crippen LogP contribution in [0.15, 0.2) is 42.0 Å². The van der Waals surface area contributed by atoms with Gasteiger partial charge in [0.15, 0.2) is 0 Å². The van der Waals surface area contributed by atoms with Gasteiger partial charge in [0, 0.05) is 6.08 Å². The molecule has 0 saturated heterocycles. The molecule has 0 saturated carbocycles. The zero-order chi connectivity index (χ0) is 15.7. The average Bonchev–Trinajstić information content (AvgIpc) is 2.46. The van der Waals surface area contributed by atoms with Crippen molar-refractivity contribution in [3.8, 4) is 5.75 Å². The predicted molar refractivity (Wildman–Crippen MR) is 86.3 cm³/mol. The summed E-state index contributed by atoms with van der Waals surface area (Å²) < 4.78 is 10.2. The fourth-order valence-electron chi connectivity index (χ4n) is 1.95. The monoisotopic (exact) mass is 288 g/mol. The third kappa shape index (κ3) is 6.30. The van der Waals surface area contributed by atoms with Crippen LogP contribution < -0.4 is 4.74 Å². The molecular formula is C18H24O3. The number of hydrogen-bond acceptors (Lipinski definition) is 3. The highest BCUT2D eigenvalue weighted by molar-refractivity contribution is 5.91. The summed E-state index contributed by atoms with van der Waals surface area (Å²) >= 11 is 0. The van der Waals surface area contributed by atoms with E-state index < -0.39 is 0 Å². The zero-order valence-corrected chi connectivity index (χ0v) is 13.3. The van der Waals surface area contributed by atoms with Gasteiger partial charge in [0.2, 0.25) is 0 Å². The van der Waals surface area contributed by atoms with Gasteiger partial charge in [0.25, 0.3) is 0 Å². The van der Waals surface area contributed by atoms with Gasteiger partial charge in [-0.15, -0.1) is 0 Å². The largest absolute Gasteiger partial charge is 0.497 e. The van der Waals surface area contributed by atoms with Crippen LogP contribution in [0.2, 0.25) is 0 Å². The van der Waals surface area contributed by atoms with Crippen molar-refractivity contribution in [2.24, 2.45) is 0 Å². The summed E-state index contributed by atoms with van der Waals surface area (Å²) in [6, 6.07) is 7.73. The van der Waals surface area contributed by atoms with E-state index in [0.29, 0.717) is 6.61 Å². The number of rotatable bonds is 7. The van der Waals surface area contributed by atoms with Gasteiger partial charge in [-0.05, 0) is 56.9 Å². The van der Waals surface area contributed by atoms with Crippen molar-refractivity contribution in [2.45, 2.75) is 33.6 Å². The van der Waals surface area contributed by atoms with Gasteiger partial charge < -0.3 is 9.47 Å². The Kier molecular flexibility index (Phi) is 7.30. The average molecular weight is 288 g/mol. The molecule has 0 aliphatic rings. The lowest BCUT2D eigenvalue weighted by Crippen LogP contribution is -2.01. The molecule has 0 atom stereocenters. The molecule has 0 radical (unpaired) electrons. The second kappa shape index (κ2) is 9.01. The van der Waals surface area contributed by atoms with Gasteiger partial charge in [-0.2, -0.15) is 0 Å². The molecule has 0 bridgehead atoms. The minimum Gasteiger partial charge on any atom is -0.497 e. The quantitative estimate of drug-likeness (QED) is 0.424. The molecule has 0 N–H and O–H groups in total. The Morgan fingerprint density at radius 2 is 1.86 bits per heavy atom. The molecule has 0 aliphatic heterocycles. The number of carbonyl (C=O) groups excluding carboxylic acids is 1. The smallest absolute Gasteiger partial charge is 0.331 e. The molecule has 0 aliphatic carbocycles. The van der Waals surface area contributed by atoms with E-state index in [-0.39, 0.29) is 5.97 Å². The molecule has 1 aromatic carbocycles. The maximum atomic E-state index is 11.7. The second-order valence-electron chi connectivity index (χ2n) is 4.97. The van der Waals surface area contributed by atoms with Gasteiger partial charge in [-0.25, -0.2) is 4.79 Å². The first-order chi connectivity index (χ1) is 10.1. The Morgan fingerprint density at radius 3 is 2.38 bits per heavy atom. The summed E-state index contributed by atoms with van der Waals surface area (Å²) in [6.45, 7) is 6.34. The first kappa shape index (κ1) is 17.0. The molecule has 0 aromatic heterocycles. The maximum absolute atomic E-state index is 11.7. The number of benzene rings is 1. The normalized spacial score (nSPS) is 11.0. The summed E-state index contributed by atoms with van der Waals surface area (Å²) in [7, 11) is 1.64. The Hall–Kier alpha value is -2.03. The number of methoxy groups -OCH3 is 1. The van der Waals surface area contributed by atoms with E-state index >= 15 is 0 Å². The fraction of sp³-hybridized carbons (Fsp3) is 0.389. The van der Waals surface area contributed by atoms with Crippen LogP contribution in [-0.2, 0) is 9.53 Å². The second-order valence-corrected chi connectivity index (χ2v) is 4.97. The van der Waals surface area contributed by atoms with Gasteiger partial charge in [-0.3, -0.25) is 0 Å². The molecule has 21 heavy (non-hydrogen) atoms. The lowest BCUT2D eigenvalue weighted by molar-refractivity contribution is -0.137. The third-order valence-corrected chi connectivity index (χ3v) is 3.01. The number of esters is 1. The highest BCUT2D eigenvalue weighted by Gasteiger charge is 2.06. The molecule has 3 heteroatoms. The standard InChI is InChI=1S/C18H24O3/c1-5-21-18(19)13-16(8-6-7-14(2)3)15-9-11-17(20-4)12-10-15/h7,9-13H,5-6,8H2,1-4H3/b16-13+. The summed E-state index contributed by atoms with van der Waals surface area (Å²) in [4.78, 5) is 11.7. The highest BCUT2D eigenvalue weighted by Crippen LogP contribution is 2.23. The van der Waals surface area contributed by atoms with Crippen molar-refractivity contribution in [3.63, 3.8) is 0 Å². The van der Waals surface area contributed by atoms with E-state index in [4.69, 9.17) is 9.47 Å². The lowest BCUT2D eigenvalue weighted by atomic mass is 10.00. The van der Waals surface area contributed by atoms with E-state index in [9.17, 15) is 4.79 Å². The van der Waals surface area contributed by atoms with Crippen molar-refractivity contribution < 1.29 is 14.3 Å². The molecular weight excluding hydrogens is 264 g/mol. The topological polar surface area (TPSA) is 35.5 Å². The molecule has 0 amide bonds. The first-order valence-corrected chi connectivity index (χ1v) is 7.22. The van der Waals surface area contributed by atoms with Gasteiger partial charge in [-0.1, -0.05) is 23.8 Å². The molecule has 0 heterocycles. The maximum Gasteiger partial charge on any atom is 0.331 e. The van der Waals surface area contributed by atoms with Crippen LogP contribution >= 0.6 is 0 Å². The minimum atomic E-state index is -0.291. The Balaban J connectivity index is 2.93. The predicted octanol–water partition coefficient (Wildman–Crippen LogP) is 4.39. The van der Waals surface area contributed by atoms with Crippen molar-refractivity contribution in [2.75, 3.05) is 13.7 Å². The summed E-state index contributed by atoms with van der Waals surface area (Å²) in [6.07, 6.45) is 5.46. The van der Waals surface area contributed by atoms with Crippen LogP contribution in [0.3, 0.4) is 0 Å². The molecule has 0 unspecified atom stereocenters. The van der Waals surface area contributed by atoms with Crippen molar-refractivity contribution in [1.29, 1.82) is 0 Å². The first-order valence-electron chi connectivity index (χ1n) is 7.22. The van der Waals surface area contributed by atoms with Crippen LogP contribution in [0.5, 0.6) is 5.75 Å². The van der Waals surface area contributed by atoms with E-state index in [1.165, 1.54) is 5.57 Å². The van der Waals surface area contributed by atoms with E-state index in [1.54, 1.807) is 13.2 Å². The number of ether oxygens (including phenoxy) is 2. The van der Waals surface area contributed by atoms with E-state index in [2.05, 4.69) is 19.9 Å².